The standard InChI is InChI=1S/C42H45N7O8/c43-37(50)31(29-20-24-10-14-26(29)15-11-24)22-33(45-41(54)55)39(52)47-18-4-8-35(47)49(28-6-2-1-3-7-28)36-9-5-19-48(36)40(53)34(46-42(56)57)23-32(38(44)51)30-21-25-12-16-27(30)17-13-25/h1-3,6-7,10-17,33-36,45-46H,4-5,8-9,18-23H2,(H2,43,50)(H2,44,51)(H,54,55)(H,56,57)/t33-,34?,35+,36?/m0/s1. The SMILES string of the molecule is NC(=O)C(CC(NC(=O)O)C(=O)N1CCCC1N(c1ccccc1)[C@@H]1CCCN1C(=O)[C@H](CC(C(N)=O)=C1Cc2ccc1cc2)NC(=O)O)=C1Cc2ccc1cc2. The summed E-state index contributed by atoms with van der Waals surface area (Å²) in [5.41, 5.74) is 17.5. The number of primary amides is 2. The zero-order valence-corrected chi connectivity index (χ0v) is 31.2. The van der Waals surface area contributed by atoms with Crippen molar-refractivity contribution in [1.82, 2.24) is 20.4 Å². The summed E-state index contributed by atoms with van der Waals surface area (Å²) < 4.78 is 0. The monoisotopic (exact) mass is 775 g/mol. The van der Waals surface area contributed by atoms with E-state index in [2.05, 4.69) is 10.6 Å². The average Bonchev–Trinajstić information content (AvgIpc) is 3.89. The maximum atomic E-state index is 14.6. The van der Waals surface area contributed by atoms with Crippen LogP contribution in [0.2, 0.25) is 0 Å². The van der Waals surface area contributed by atoms with Gasteiger partial charge in [-0.1, -0.05) is 66.7 Å². The van der Waals surface area contributed by atoms with E-state index in [1.54, 1.807) is 9.80 Å². The molecule has 6 aliphatic rings. The molecular formula is C42H45N7O8. The molecule has 6 amide bonds. The number of carboxylic acid groups (broad SMARTS) is 2. The summed E-state index contributed by atoms with van der Waals surface area (Å²) in [6.45, 7) is 0.544. The number of para-hydroxylation sites is 1. The maximum absolute atomic E-state index is 14.6. The zero-order chi connectivity index (χ0) is 40.4. The van der Waals surface area contributed by atoms with E-state index in [1.807, 2.05) is 83.8 Å². The molecule has 2 fully saturated rings. The summed E-state index contributed by atoms with van der Waals surface area (Å²) in [5, 5.41) is 24.5. The third kappa shape index (κ3) is 8.04. The molecule has 0 radical (unpaired) electrons. The quantitative estimate of drug-likeness (QED) is 0.140. The van der Waals surface area contributed by atoms with E-state index in [0.717, 1.165) is 22.3 Å². The van der Waals surface area contributed by atoms with Gasteiger partial charge in [0.1, 0.15) is 24.4 Å². The van der Waals surface area contributed by atoms with E-state index in [9.17, 15) is 39.0 Å². The molecule has 2 aliphatic heterocycles. The lowest BCUT2D eigenvalue weighted by Gasteiger charge is -2.45. The summed E-state index contributed by atoms with van der Waals surface area (Å²) in [5.74, 6) is -2.60. The Morgan fingerprint density at radius 2 is 1.04 bits per heavy atom. The molecule has 57 heavy (non-hydrogen) atoms. The van der Waals surface area contributed by atoms with E-state index < -0.39 is 60.2 Å². The van der Waals surface area contributed by atoms with Crippen LogP contribution in [0.15, 0.2) is 90.0 Å². The number of carbonyl (C=O) groups is 6. The molecule has 2 unspecified atom stereocenters. The first-order valence-corrected chi connectivity index (χ1v) is 19.0. The van der Waals surface area contributed by atoms with E-state index in [-0.39, 0.29) is 37.1 Å². The second-order valence-electron chi connectivity index (χ2n) is 14.9. The average molecular weight is 776 g/mol. The van der Waals surface area contributed by atoms with Crippen LogP contribution in [0.5, 0.6) is 0 Å². The Kier molecular flexibility index (Phi) is 11.0. The van der Waals surface area contributed by atoms with Gasteiger partial charge in [0.25, 0.3) is 0 Å². The molecule has 296 valence electrons. The van der Waals surface area contributed by atoms with Gasteiger partial charge < -0.3 is 47.0 Å². The second kappa shape index (κ2) is 16.2. The van der Waals surface area contributed by atoms with Gasteiger partial charge in [-0.25, -0.2) is 9.59 Å². The maximum Gasteiger partial charge on any atom is 0.405 e. The Bertz CT molecular complexity index is 2020. The third-order valence-electron chi connectivity index (χ3n) is 11.4. The number of nitrogens with one attached hydrogen (secondary N) is 2. The number of rotatable bonds is 13. The second-order valence-corrected chi connectivity index (χ2v) is 14.9. The highest BCUT2D eigenvalue weighted by molar-refractivity contribution is 6.03. The fraction of sp³-hybridized carbons (Fsp3) is 0.333. The lowest BCUT2D eigenvalue weighted by Crippen LogP contribution is -2.61. The van der Waals surface area contributed by atoms with Crippen molar-refractivity contribution < 1.29 is 39.0 Å². The van der Waals surface area contributed by atoms with Crippen LogP contribution < -0.4 is 27.0 Å². The topological polar surface area (TPSA) is 229 Å². The van der Waals surface area contributed by atoms with Crippen molar-refractivity contribution in [3.63, 3.8) is 0 Å². The molecule has 3 aromatic rings. The predicted octanol–water partition coefficient (Wildman–Crippen LogP) is 3.43. The molecule has 2 saturated heterocycles. The summed E-state index contributed by atoms with van der Waals surface area (Å²) >= 11 is 0. The number of allylic oxidation sites excluding steroid dienone is 2. The lowest BCUT2D eigenvalue weighted by molar-refractivity contribution is -0.135. The van der Waals surface area contributed by atoms with Crippen molar-refractivity contribution >= 4 is 52.6 Å². The van der Waals surface area contributed by atoms with E-state index >= 15 is 0 Å². The fourth-order valence-corrected chi connectivity index (χ4v) is 8.81. The molecule has 3 aromatic carbocycles. The minimum Gasteiger partial charge on any atom is -0.465 e. The van der Waals surface area contributed by atoms with Crippen molar-refractivity contribution in [2.75, 3.05) is 18.0 Å². The van der Waals surface area contributed by atoms with Crippen LogP contribution in [-0.2, 0) is 32.0 Å². The zero-order valence-electron chi connectivity index (χ0n) is 31.2. The predicted molar refractivity (Wildman–Crippen MR) is 210 cm³/mol. The number of hydrogen-bond acceptors (Lipinski definition) is 7. The normalized spacial score (nSPS) is 20.8. The largest absolute Gasteiger partial charge is 0.465 e. The summed E-state index contributed by atoms with van der Waals surface area (Å²) in [6.07, 6.45) is -1.78. The van der Waals surface area contributed by atoms with Gasteiger partial charge in [0.05, 0.1) is 0 Å². The molecule has 8 N–H and O–H groups in total. The number of anilines is 1. The molecule has 0 saturated carbocycles. The number of hydrogen-bond donors (Lipinski definition) is 6. The van der Waals surface area contributed by atoms with E-state index in [1.165, 1.54) is 0 Å². The fourth-order valence-electron chi connectivity index (χ4n) is 8.81. The first-order chi connectivity index (χ1) is 27.4. The highest BCUT2D eigenvalue weighted by atomic mass is 16.4. The lowest BCUT2D eigenvalue weighted by atomic mass is 9.85. The molecule has 4 atom stereocenters. The van der Waals surface area contributed by atoms with Gasteiger partial charge in [-0.15, -0.1) is 0 Å². The van der Waals surface area contributed by atoms with Crippen molar-refractivity contribution in [3.8, 4) is 0 Å². The van der Waals surface area contributed by atoms with Crippen molar-refractivity contribution in [1.29, 1.82) is 0 Å². The van der Waals surface area contributed by atoms with Crippen LogP contribution in [0.1, 0.15) is 60.8 Å². The number of nitrogens with zero attached hydrogens (tertiary/aromatic N) is 3. The van der Waals surface area contributed by atoms with Crippen LogP contribution in [0.25, 0.3) is 11.1 Å². The minimum atomic E-state index is -1.44. The van der Waals surface area contributed by atoms with Gasteiger partial charge in [-0.2, -0.15) is 0 Å². The van der Waals surface area contributed by atoms with Gasteiger partial charge in [0.15, 0.2) is 0 Å². The summed E-state index contributed by atoms with van der Waals surface area (Å²) in [6, 6.07) is 21.7. The van der Waals surface area contributed by atoms with Crippen LogP contribution >= 0.6 is 0 Å². The molecule has 0 spiro atoms. The van der Waals surface area contributed by atoms with Crippen LogP contribution in [0.4, 0.5) is 15.3 Å². The molecule has 4 bridgehead atoms. The van der Waals surface area contributed by atoms with Crippen LogP contribution in [0.3, 0.4) is 0 Å². The minimum absolute atomic E-state index is 0.166. The highest BCUT2D eigenvalue weighted by Gasteiger charge is 2.45. The molecule has 15 nitrogen and oxygen atoms in total. The summed E-state index contributed by atoms with van der Waals surface area (Å²) in [7, 11) is 0. The molecule has 2 heterocycles. The van der Waals surface area contributed by atoms with Crippen molar-refractivity contribution in [2.24, 2.45) is 11.5 Å². The molecule has 0 aromatic heterocycles. The van der Waals surface area contributed by atoms with Crippen molar-refractivity contribution in [3.05, 3.63) is 112 Å². The summed E-state index contributed by atoms with van der Waals surface area (Å²) in [4.78, 5) is 84.5. The molecule has 4 aliphatic carbocycles. The molecular weight excluding hydrogens is 731 g/mol. The number of fused-ring (bicyclic) bond motifs is 6. The van der Waals surface area contributed by atoms with E-state index in [0.29, 0.717) is 55.4 Å². The molecule has 9 rings (SSSR count). The Balaban J connectivity index is 1.20. The number of nitrogens with two attached hydrogens (primary N) is 2. The first kappa shape index (κ1) is 38.6. The Morgan fingerprint density at radius 1 is 0.632 bits per heavy atom. The molecule has 15 heteroatoms. The number of amides is 6. The first-order valence-electron chi connectivity index (χ1n) is 19.0. The third-order valence-corrected chi connectivity index (χ3v) is 11.4. The Hall–Kier alpha value is -6.64. The Morgan fingerprint density at radius 3 is 1.37 bits per heavy atom. The van der Waals surface area contributed by atoms with Gasteiger partial charge in [-0.3, -0.25) is 19.2 Å². The number of carbonyl (C=O) groups excluding carboxylic acids is 4. The van der Waals surface area contributed by atoms with Crippen LogP contribution in [-0.4, -0.2) is 93.3 Å². The van der Waals surface area contributed by atoms with Crippen molar-refractivity contribution in [2.45, 2.75) is 75.8 Å². The Labute approximate surface area is 329 Å². The smallest absolute Gasteiger partial charge is 0.405 e. The van der Waals surface area contributed by atoms with Gasteiger partial charge >= 0.3 is 12.2 Å². The van der Waals surface area contributed by atoms with Crippen LogP contribution in [0, 0.1) is 0 Å². The van der Waals surface area contributed by atoms with E-state index in [4.69, 9.17) is 11.5 Å². The van der Waals surface area contributed by atoms with Gasteiger partial charge in [0, 0.05) is 42.8 Å². The van der Waals surface area contributed by atoms with Gasteiger partial charge in [0.2, 0.25) is 23.6 Å². The number of likely N-dealkylation sites (tertiary alicyclic amines) is 2. The number of benzene rings is 3. The van der Waals surface area contributed by atoms with Gasteiger partial charge in [-0.05, 0) is 84.1 Å². The highest BCUT2D eigenvalue weighted by Crippen LogP contribution is 2.37.